The van der Waals surface area contributed by atoms with Crippen LogP contribution in [0.3, 0.4) is 0 Å². The molecule has 0 radical (unpaired) electrons. The van der Waals surface area contributed by atoms with Gasteiger partial charge in [-0.25, -0.2) is 0 Å². The second kappa shape index (κ2) is 9.70. The molecule has 0 unspecified atom stereocenters. The maximum atomic E-state index is 4.16. The SMILES string of the molecule is CSCCCCCCCS. The number of thiol groups is 1. The van der Waals surface area contributed by atoms with E-state index in [0.29, 0.717) is 0 Å². The highest BCUT2D eigenvalue weighted by Crippen LogP contribution is 2.06. The molecule has 0 aromatic rings. The molecule has 0 aliphatic heterocycles. The third kappa shape index (κ3) is 8.70. The van der Waals surface area contributed by atoms with Gasteiger partial charge in [-0.15, -0.1) is 0 Å². The van der Waals surface area contributed by atoms with Gasteiger partial charge in [0.15, 0.2) is 0 Å². The maximum absolute atomic E-state index is 4.16. The molecule has 0 nitrogen and oxygen atoms in total. The van der Waals surface area contributed by atoms with E-state index in [0.717, 1.165) is 5.75 Å². The summed E-state index contributed by atoms with van der Waals surface area (Å²) in [5, 5.41) is 0. The molecule has 0 heterocycles. The van der Waals surface area contributed by atoms with Crippen LogP contribution in [0.2, 0.25) is 0 Å². The Morgan fingerprint density at radius 1 is 1.00 bits per heavy atom. The molecule has 0 N–H and O–H groups in total. The molecule has 10 heavy (non-hydrogen) atoms. The number of hydrogen-bond acceptors (Lipinski definition) is 2. The summed E-state index contributed by atoms with van der Waals surface area (Å²) in [7, 11) is 0. The molecule has 0 saturated heterocycles. The second-order valence-electron chi connectivity index (χ2n) is 2.48. The van der Waals surface area contributed by atoms with Crippen molar-refractivity contribution in [3.8, 4) is 0 Å². The monoisotopic (exact) mass is 178 g/mol. The summed E-state index contributed by atoms with van der Waals surface area (Å²) in [5.41, 5.74) is 0. The Labute approximate surface area is 74.6 Å². The lowest BCUT2D eigenvalue weighted by atomic mass is 10.2. The third-order valence-corrected chi connectivity index (χ3v) is 2.52. The fraction of sp³-hybridized carbons (Fsp3) is 1.00. The predicted octanol–water partition coefficient (Wildman–Crippen LogP) is 3.23. The first-order valence-electron chi connectivity index (χ1n) is 4.01. The summed E-state index contributed by atoms with van der Waals surface area (Å²) in [5.74, 6) is 2.39. The van der Waals surface area contributed by atoms with Crippen LogP contribution in [0.4, 0.5) is 0 Å². The highest BCUT2D eigenvalue weighted by atomic mass is 32.2. The van der Waals surface area contributed by atoms with Crippen molar-refractivity contribution in [1.82, 2.24) is 0 Å². The van der Waals surface area contributed by atoms with Crippen molar-refractivity contribution in [1.29, 1.82) is 0 Å². The first-order chi connectivity index (χ1) is 4.91. The Morgan fingerprint density at radius 3 is 2.20 bits per heavy atom. The summed E-state index contributed by atoms with van der Waals surface area (Å²) in [4.78, 5) is 0. The van der Waals surface area contributed by atoms with Crippen LogP contribution in [0.15, 0.2) is 0 Å². The van der Waals surface area contributed by atoms with Crippen LogP contribution in [0, 0.1) is 0 Å². The Bertz CT molecular complexity index is 47.2. The van der Waals surface area contributed by atoms with Crippen LogP contribution in [0.25, 0.3) is 0 Å². The van der Waals surface area contributed by atoms with Crippen LogP contribution < -0.4 is 0 Å². The van der Waals surface area contributed by atoms with Crippen LogP contribution >= 0.6 is 24.4 Å². The molecule has 0 atom stereocenters. The highest BCUT2D eigenvalue weighted by molar-refractivity contribution is 7.98. The van der Waals surface area contributed by atoms with E-state index in [9.17, 15) is 0 Å². The van der Waals surface area contributed by atoms with Gasteiger partial charge in [0.25, 0.3) is 0 Å². The molecular weight excluding hydrogens is 160 g/mol. The van der Waals surface area contributed by atoms with Crippen molar-refractivity contribution in [3.05, 3.63) is 0 Å². The van der Waals surface area contributed by atoms with Gasteiger partial charge < -0.3 is 0 Å². The van der Waals surface area contributed by atoms with Crippen LogP contribution in [-0.2, 0) is 0 Å². The van der Waals surface area contributed by atoms with Gasteiger partial charge in [-0.3, -0.25) is 0 Å². The van der Waals surface area contributed by atoms with Gasteiger partial charge in [0.1, 0.15) is 0 Å². The zero-order valence-corrected chi connectivity index (χ0v) is 8.52. The van der Waals surface area contributed by atoms with Crippen molar-refractivity contribution >= 4 is 24.4 Å². The average molecular weight is 178 g/mol. The molecule has 62 valence electrons. The first-order valence-corrected chi connectivity index (χ1v) is 6.04. The van der Waals surface area contributed by atoms with Crippen LogP contribution in [-0.4, -0.2) is 17.8 Å². The summed E-state index contributed by atoms with van der Waals surface area (Å²) in [6.07, 6.45) is 9.05. The molecule has 0 aliphatic rings. The molecule has 0 rings (SSSR count). The van der Waals surface area contributed by atoms with Crippen molar-refractivity contribution in [2.45, 2.75) is 32.1 Å². The summed E-state index contributed by atoms with van der Waals surface area (Å²) >= 11 is 6.11. The smallest absolute Gasteiger partial charge is 0.00703 e. The Morgan fingerprint density at radius 2 is 1.60 bits per heavy atom. The van der Waals surface area contributed by atoms with Crippen molar-refractivity contribution in [3.63, 3.8) is 0 Å². The van der Waals surface area contributed by atoms with Gasteiger partial charge in [-0.1, -0.05) is 19.3 Å². The number of unbranched alkanes of at least 4 members (excludes halogenated alkanes) is 4. The van der Waals surface area contributed by atoms with E-state index in [1.807, 2.05) is 11.8 Å². The van der Waals surface area contributed by atoms with Crippen molar-refractivity contribution in [2.24, 2.45) is 0 Å². The predicted molar refractivity (Wildman–Crippen MR) is 55.3 cm³/mol. The normalized spacial score (nSPS) is 10.2. The van der Waals surface area contributed by atoms with E-state index in [-0.39, 0.29) is 0 Å². The lowest BCUT2D eigenvalue weighted by molar-refractivity contribution is 0.663. The molecular formula is C8H18S2. The lowest BCUT2D eigenvalue weighted by Gasteiger charge is -1.97. The Hall–Kier alpha value is 0.700. The first kappa shape index (κ1) is 10.7. The molecule has 0 amide bonds. The fourth-order valence-corrected chi connectivity index (χ4v) is 1.60. The zero-order chi connectivity index (χ0) is 7.66. The number of thioether (sulfide) groups is 1. The van der Waals surface area contributed by atoms with E-state index in [2.05, 4.69) is 18.9 Å². The van der Waals surface area contributed by atoms with Crippen LogP contribution in [0.1, 0.15) is 32.1 Å². The van der Waals surface area contributed by atoms with Crippen molar-refractivity contribution in [2.75, 3.05) is 17.8 Å². The standard InChI is InChI=1S/C8H18S2/c1-10-8-6-4-2-3-5-7-9/h9H,2-8H2,1H3. The lowest BCUT2D eigenvalue weighted by Crippen LogP contribution is -1.81. The molecule has 0 aromatic carbocycles. The van der Waals surface area contributed by atoms with E-state index >= 15 is 0 Å². The average Bonchev–Trinajstić information content (AvgIpc) is 1.97. The number of hydrogen-bond donors (Lipinski definition) is 1. The van der Waals surface area contributed by atoms with E-state index in [1.54, 1.807) is 0 Å². The van der Waals surface area contributed by atoms with Crippen LogP contribution in [0.5, 0.6) is 0 Å². The molecule has 0 saturated carbocycles. The van der Waals surface area contributed by atoms with Crippen molar-refractivity contribution < 1.29 is 0 Å². The molecule has 0 bridgehead atoms. The molecule has 2 heteroatoms. The molecule has 0 aromatic heterocycles. The molecule has 0 spiro atoms. The van der Waals surface area contributed by atoms with E-state index in [4.69, 9.17) is 0 Å². The third-order valence-electron chi connectivity index (χ3n) is 1.51. The fourth-order valence-electron chi connectivity index (χ4n) is 0.889. The minimum Gasteiger partial charge on any atom is -0.179 e. The topological polar surface area (TPSA) is 0 Å². The minimum absolute atomic E-state index is 1.06. The second-order valence-corrected chi connectivity index (χ2v) is 3.92. The Balaban J connectivity index is 2.65. The quantitative estimate of drug-likeness (QED) is 0.461. The highest BCUT2D eigenvalue weighted by Gasteiger charge is 1.87. The molecule has 0 fully saturated rings. The summed E-state index contributed by atoms with van der Waals surface area (Å²) in [6, 6.07) is 0. The minimum atomic E-state index is 1.06. The summed E-state index contributed by atoms with van der Waals surface area (Å²) in [6.45, 7) is 0. The van der Waals surface area contributed by atoms with Gasteiger partial charge in [-0.05, 0) is 30.6 Å². The van der Waals surface area contributed by atoms with Gasteiger partial charge in [0.2, 0.25) is 0 Å². The maximum Gasteiger partial charge on any atom is -0.00703 e. The van der Waals surface area contributed by atoms with Gasteiger partial charge in [0, 0.05) is 0 Å². The summed E-state index contributed by atoms with van der Waals surface area (Å²) < 4.78 is 0. The largest absolute Gasteiger partial charge is 0.179 e. The zero-order valence-electron chi connectivity index (χ0n) is 6.81. The van der Waals surface area contributed by atoms with Gasteiger partial charge in [0.05, 0.1) is 0 Å². The van der Waals surface area contributed by atoms with E-state index < -0.39 is 0 Å². The Kier molecular flexibility index (Phi) is 10.4. The molecule has 0 aliphatic carbocycles. The number of rotatable bonds is 7. The van der Waals surface area contributed by atoms with Gasteiger partial charge in [-0.2, -0.15) is 24.4 Å². The van der Waals surface area contributed by atoms with E-state index in [1.165, 1.54) is 37.9 Å². The van der Waals surface area contributed by atoms with Gasteiger partial charge >= 0.3 is 0 Å².